The second kappa shape index (κ2) is 14.6. The Morgan fingerprint density at radius 1 is 0.476 bits per heavy atom. The van der Waals surface area contributed by atoms with Crippen molar-refractivity contribution in [2.45, 2.75) is 45.4 Å². The third-order valence-electron chi connectivity index (χ3n) is 7.54. The van der Waals surface area contributed by atoms with Gasteiger partial charge in [0, 0.05) is 11.3 Å². The molecule has 0 aliphatic rings. The minimum Gasteiger partial charge on any atom is -0.508 e. The average Bonchev–Trinajstić information content (AvgIpc) is 3.00. The van der Waals surface area contributed by atoms with Crippen molar-refractivity contribution in [3.63, 3.8) is 0 Å². The molecule has 0 fully saturated rings. The topological polar surface area (TPSA) is 101 Å². The van der Waals surface area contributed by atoms with Crippen LogP contribution in [0.3, 0.4) is 0 Å². The molecule has 0 aliphatic heterocycles. The van der Waals surface area contributed by atoms with E-state index in [0.717, 1.165) is 28.7 Å². The molecule has 5 N–H and O–H groups in total. The number of hydrogen-bond donors (Lipinski definition) is 5. The Labute approximate surface area is 248 Å². The highest BCUT2D eigenvalue weighted by molar-refractivity contribution is 5.42. The van der Waals surface area contributed by atoms with Gasteiger partial charge in [-0.2, -0.15) is 0 Å². The normalized spacial score (nSPS) is 10.7. The standard InChI is InChI=1S/C16H18O2.C14H14O2.C7H8O/c1-3-16(2,12-4-8-14(17)9-5-12)13-6-10-15(18)11-7-13;1-10(11-2-6-13(15)7-3-11)12-4-8-14(16)9-5-12;1-6-2-4-7(8)5-3-6/h4-11,17-18H,3H2,1-2H3;2-10,15-16H,1H3;2-5,8H,1H3. The molecule has 0 aromatic heterocycles. The molecule has 0 atom stereocenters. The van der Waals surface area contributed by atoms with Gasteiger partial charge < -0.3 is 25.5 Å². The number of benzene rings is 5. The maximum atomic E-state index is 9.37. The Morgan fingerprint density at radius 3 is 1.00 bits per heavy atom. The van der Waals surface area contributed by atoms with Crippen molar-refractivity contribution in [1.29, 1.82) is 0 Å². The Kier molecular flexibility index (Phi) is 11.0. The molecule has 5 aromatic carbocycles. The van der Waals surface area contributed by atoms with E-state index in [-0.39, 0.29) is 34.3 Å². The highest BCUT2D eigenvalue weighted by Crippen LogP contribution is 2.36. The number of hydrogen-bond acceptors (Lipinski definition) is 5. The SMILES string of the molecule is CC(c1ccc(O)cc1)c1ccc(O)cc1.CCC(C)(c1ccc(O)cc1)c1ccc(O)cc1.Cc1ccc(O)cc1. The molecule has 218 valence electrons. The van der Waals surface area contributed by atoms with E-state index in [9.17, 15) is 20.4 Å². The monoisotopic (exact) mass is 564 g/mol. The largest absolute Gasteiger partial charge is 0.508 e. The molecule has 5 heteroatoms. The van der Waals surface area contributed by atoms with Gasteiger partial charge in [-0.25, -0.2) is 0 Å². The summed E-state index contributed by atoms with van der Waals surface area (Å²) in [5.41, 5.74) is 5.67. The van der Waals surface area contributed by atoms with E-state index in [1.165, 1.54) is 5.56 Å². The van der Waals surface area contributed by atoms with Gasteiger partial charge in [-0.05, 0) is 96.3 Å². The first-order valence-electron chi connectivity index (χ1n) is 13.9. The van der Waals surface area contributed by atoms with Crippen LogP contribution in [0.25, 0.3) is 0 Å². The zero-order valence-corrected chi connectivity index (χ0v) is 24.6. The fraction of sp³-hybridized carbons (Fsp3) is 0.189. The zero-order valence-electron chi connectivity index (χ0n) is 24.6. The van der Waals surface area contributed by atoms with Crippen molar-refractivity contribution in [1.82, 2.24) is 0 Å². The summed E-state index contributed by atoms with van der Waals surface area (Å²) in [5.74, 6) is 1.70. The van der Waals surface area contributed by atoms with E-state index in [0.29, 0.717) is 5.75 Å². The van der Waals surface area contributed by atoms with Crippen LogP contribution in [-0.2, 0) is 5.41 Å². The van der Waals surface area contributed by atoms with Crippen molar-refractivity contribution in [2.24, 2.45) is 0 Å². The molecule has 5 rings (SSSR count). The smallest absolute Gasteiger partial charge is 0.115 e. The number of phenolic OH excluding ortho intramolecular Hbond substituents is 5. The highest BCUT2D eigenvalue weighted by Gasteiger charge is 2.26. The van der Waals surface area contributed by atoms with Crippen LogP contribution in [0, 0.1) is 6.92 Å². The first-order chi connectivity index (χ1) is 20.0. The van der Waals surface area contributed by atoms with Crippen molar-refractivity contribution in [3.8, 4) is 28.7 Å². The Bertz CT molecular complexity index is 1380. The maximum Gasteiger partial charge on any atom is 0.115 e. The molecule has 0 amide bonds. The minimum atomic E-state index is -0.110. The Hall–Kier alpha value is -4.90. The van der Waals surface area contributed by atoms with Crippen LogP contribution >= 0.6 is 0 Å². The molecular formula is C37H40O5. The summed E-state index contributed by atoms with van der Waals surface area (Å²) in [6.45, 7) is 8.39. The lowest BCUT2D eigenvalue weighted by atomic mass is 9.74. The summed E-state index contributed by atoms with van der Waals surface area (Å²) < 4.78 is 0. The molecule has 0 spiro atoms. The number of aromatic hydroxyl groups is 5. The van der Waals surface area contributed by atoms with Gasteiger partial charge >= 0.3 is 0 Å². The summed E-state index contributed by atoms with van der Waals surface area (Å²) in [5, 5.41) is 45.9. The van der Waals surface area contributed by atoms with Gasteiger partial charge in [0.15, 0.2) is 0 Å². The van der Waals surface area contributed by atoms with E-state index in [1.54, 1.807) is 60.7 Å². The highest BCUT2D eigenvalue weighted by atomic mass is 16.3. The number of rotatable bonds is 5. The van der Waals surface area contributed by atoms with Gasteiger partial charge in [0.05, 0.1) is 0 Å². The van der Waals surface area contributed by atoms with Crippen LogP contribution in [0.1, 0.15) is 60.9 Å². The van der Waals surface area contributed by atoms with Crippen molar-refractivity contribution in [3.05, 3.63) is 149 Å². The molecule has 0 bridgehead atoms. The van der Waals surface area contributed by atoms with Gasteiger partial charge in [0.2, 0.25) is 0 Å². The van der Waals surface area contributed by atoms with Crippen LogP contribution in [0.5, 0.6) is 28.7 Å². The van der Waals surface area contributed by atoms with Crippen molar-refractivity contribution in [2.75, 3.05) is 0 Å². The maximum absolute atomic E-state index is 9.37. The molecule has 0 radical (unpaired) electrons. The van der Waals surface area contributed by atoms with E-state index in [1.807, 2.05) is 67.6 Å². The van der Waals surface area contributed by atoms with Crippen LogP contribution in [0.2, 0.25) is 0 Å². The molecular weight excluding hydrogens is 524 g/mol. The van der Waals surface area contributed by atoms with Gasteiger partial charge in [-0.3, -0.25) is 0 Å². The van der Waals surface area contributed by atoms with Crippen molar-refractivity contribution >= 4 is 0 Å². The van der Waals surface area contributed by atoms with E-state index in [4.69, 9.17) is 5.11 Å². The summed E-state index contributed by atoms with van der Waals surface area (Å²) in [7, 11) is 0. The average molecular weight is 565 g/mol. The summed E-state index contributed by atoms with van der Waals surface area (Å²) >= 11 is 0. The Balaban J connectivity index is 0.000000185. The molecule has 5 aromatic rings. The number of aryl methyl sites for hydroxylation is 1. The Morgan fingerprint density at radius 2 is 0.738 bits per heavy atom. The molecule has 0 saturated heterocycles. The van der Waals surface area contributed by atoms with Crippen LogP contribution in [-0.4, -0.2) is 25.5 Å². The lowest BCUT2D eigenvalue weighted by Crippen LogP contribution is -2.22. The molecule has 42 heavy (non-hydrogen) atoms. The van der Waals surface area contributed by atoms with Gasteiger partial charge in [0.25, 0.3) is 0 Å². The van der Waals surface area contributed by atoms with Crippen LogP contribution < -0.4 is 0 Å². The molecule has 0 heterocycles. The third kappa shape index (κ3) is 8.80. The second-order valence-corrected chi connectivity index (χ2v) is 10.5. The van der Waals surface area contributed by atoms with Gasteiger partial charge in [0.1, 0.15) is 28.7 Å². The lowest BCUT2D eigenvalue weighted by Gasteiger charge is -2.29. The third-order valence-corrected chi connectivity index (χ3v) is 7.54. The summed E-state index contributed by atoms with van der Waals surface area (Å²) in [6.07, 6.45) is 0.947. The molecule has 0 saturated carbocycles. The second-order valence-electron chi connectivity index (χ2n) is 10.5. The predicted octanol–water partition coefficient (Wildman–Crippen LogP) is 8.76. The molecule has 5 nitrogen and oxygen atoms in total. The van der Waals surface area contributed by atoms with Crippen LogP contribution in [0.15, 0.2) is 121 Å². The predicted molar refractivity (Wildman–Crippen MR) is 170 cm³/mol. The van der Waals surface area contributed by atoms with Crippen LogP contribution in [0.4, 0.5) is 0 Å². The lowest BCUT2D eigenvalue weighted by molar-refractivity contribution is 0.471. The fourth-order valence-corrected chi connectivity index (χ4v) is 4.50. The van der Waals surface area contributed by atoms with Gasteiger partial charge in [-0.1, -0.05) is 87.0 Å². The van der Waals surface area contributed by atoms with Crippen molar-refractivity contribution < 1.29 is 25.5 Å². The van der Waals surface area contributed by atoms with E-state index < -0.39 is 0 Å². The molecule has 0 unspecified atom stereocenters. The van der Waals surface area contributed by atoms with Gasteiger partial charge in [-0.15, -0.1) is 0 Å². The minimum absolute atomic E-state index is 0.110. The zero-order chi connectivity index (χ0) is 30.7. The first kappa shape index (κ1) is 31.6. The van der Waals surface area contributed by atoms with E-state index >= 15 is 0 Å². The first-order valence-corrected chi connectivity index (χ1v) is 13.9. The molecule has 0 aliphatic carbocycles. The fourth-order valence-electron chi connectivity index (χ4n) is 4.50. The summed E-state index contributed by atoms with van der Waals surface area (Å²) in [6, 6.07) is 36.1. The summed E-state index contributed by atoms with van der Waals surface area (Å²) in [4.78, 5) is 0. The number of phenols is 5. The quantitative estimate of drug-likeness (QED) is 0.147. The van der Waals surface area contributed by atoms with E-state index in [2.05, 4.69) is 20.8 Å².